The fourth-order valence-corrected chi connectivity index (χ4v) is 4.49. The van der Waals surface area contributed by atoms with Crippen LogP contribution in [0.25, 0.3) is 0 Å². The average Bonchev–Trinajstić information content (AvgIpc) is 3.33. The highest BCUT2D eigenvalue weighted by molar-refractivity contribution is 5.72. The lowest BCUT2D eigenvalue weighted by atomic mass is 10.2. The Kier molecular flexibility index (Phi) is 5.41. The third-order valence-electron chi connectivity index (χ3n) is 6.17. The van der Waals surface area contributed by atoms with Gasteiger partial charge in [0.1, 0.15) is 17.2 Å². The fraction of sp³-hybridized carbons (Fsp3) is 0.522. The highest BCUT2D eigenvalue weighted by Gasteiger charge is 2.47. The topological polar surface area (TPSA) is 126 Å². The molecule has 2 saturated heterocycles. The first-order valence-corrected chi connectivity index (χ1v) is 11.6. The van der Waals surface area contributed by atoms with E-state index < -0.39 is 10.5 Å². The van der Waals surface area contributed by atoms with Gasteiger partial charge in [0.2, 0.25) is 5.82 Å². The van der Waals surface area contributed by atoms with E-state index in [1.54, 1.807) is 23.2 Å². The molecule has 3 fully saturated rings. The molecule has 5 rings (SSSR count). The molecule has 0 unspecified atom stereocenters. The molecule has 3 aliphatic rings. The number of amides is 1. The molecule has 2 atom stereocenters. The number of carbonyl (C=O) groups excluding carboxylic acids is 1. The minimum Gasteiger partial charge on any atom is -0.444 e. The summed E-state index contributed by atoms with van der Waals surface area (Å²) in [5.41, 5.74) is 0.0297. The Morgan fingerprint density at radius 1 is 1.21 bits per heavy atom. The van der Waals surface area contributed by atoms with Crippen molar-refractivity contribution in [1.29, 1.82) is 0 Å². The van der Waals surface area contributed by atoms with E-state index in [1.807, 2.05) is 26.8 Å². The van der Waals surface area contributed by atoms with Crippen LogP contribution >= 0.6 is 0 Å². The van der Waals surface area contributed by atoms with Gasteiger partial charge in [-0.2, -0.15) is 0 Å². The van der Waals surface area contributed by atoms with Gasteiger partial charge in [-0.15, -0.1) is 0 Å². The van der Waals surface area contributed by atoms with E-state index in [2.05, 4.69) is 25.5 Å². The van der Waals surface area contributed by atoms with Crippen molar-refractivity contribution in [3.05, 3.63) is 40.6 Å². The van der Waals surface area contributed by atoms with Gasteiger partial charge in [-0.25, -0.2) is 14.8 Å². The van der Waals surface area contributed by atoms with Crippen LogP contribution in [0.1, 0.15) is 40.0 Å². The second-order valence-corrected chi connectivity index (χ2v) is 10.1. The van der Waals surface area contributed by atoms with E-state index in [1.165, 1.54) is 6.07 Å². The molecule has 11 heteroatoms. The van der Waals surface area contributed by atoms with E-state index in [4.69, 9.17) is 4.74 Å². The Morgan fingerprint density at radius 2 is 2.00 bits per heavy atom. The molecule has 2 bridgehead atoms. The monoisotopic (exact) mass is 467 g/mol. The summed E-state index contributed by atoms with van der Waals surface area (Å²) in [5.74, 6) is 1.55. The molecule has 2 aromatic rings. The molecule has 0 radical (unpaired) electrons. The maximum absolute atomic E-state index is 12.5. The van der Waals surface area contributed by atoms with Gasteiger partial charge in [0, 0.05) is 43.1 Å². The predicted octanol–water partition coefficient (Wildman–Crippen LogP) is 3.90. The van der Waals surface area contributed by atoms with Gasteiger partial charge >= 0.3 is 11.8 Å². The number of aromatic nitrogens is 2. The van der Waals surface area contributed by atoms with Crippen LogP contribution in [-0.4, -0.2) is 62.7 Å². The molecule has 4 heterocycles. The number of anilines is 4. The Balaban J connectivity index is 1.33. The zero-order chi connectivity index (χ0) is 24.0. The number of nitrogens with one attached hydrogen (secondary N) is 2. The van der Waals surface area contributed by atoms with E-state index in [0.29, 0.717) is 30.6 Å². The summed E-state index contributed by atoms with van der Waals surface area (Å²) in [5, 5.41) is 18.1. The highest BCUT2D eigenvalue weighted by atomic mass is 16.6. The smallest absolute Gasteiger partial charge is 0.410 e. The van der Waals surface area contributed by atoms with Crippen LogP contribution in [0.2, 0.25) is 0 Å². The molecule has 34 heavy (non-hydrogen) atoms. The number of pyridine rings is 2. The van der Waals surface area contributed by atoms with Crippen LogP contribution in [0.15, 0.2) is 30.5 Å². The van der Waals surface area contributed by atoms with Gasteiger partial charge in [0.15, 0.2) is 0 Å². The number of likely N-dealkylation sites (tertiary alicyclic amines) is 1. The van der Waals surface area contributed by atoms with Crippen LogP contribution in [0.3, 0.4) is 0 Å². The fourth-order valence-electron chi connectivity index (χ4n) is 4.49. The summed E-state index contributed by atoms with van der Waals surface area (Å²) >= 11 is 0. The number of carbonyl (C=O) groups is 1. The number of hydrogen-bond donors (Lipinski definition) is 2. The molecule has 11 nitrogen and oxygen atoms in total. The first-order valence-electron chi connectivity index (χ1n) is 11.6. The molecule has 0 aromatic carbocycles. The SMILES string of the molecule is CC(C)(C)OC(=O)N1C[C@@H]2C[C@H]1CN2c1ccc([N+](=O)[O-])c(Nc2ccnc(NC3CC3)c2)n1. The maximum atomic E-state index is 12.5. The van der Waals surface area contributed by atoms with Crippen molar-refractivity contribution in [1.82, 2.24) is 14.9 Å². The van der Waals surface area contributed by atoms with Crippen LogP contribution in [0.4, 0.5) is 33.6 Å². The van der Waals surface area contributed by atoms with E-state index in [9.17, 15) is 14.9 Å². The number of nitro groups is 1. The number of nitrogens with zero attached hydrogens (tertiary/aromatic N) is 5. The molecule has 1 aliphatic carbocycles. The Morgan fingerprint density at radius 3 is 2.65 bits per heavy atom. The summed E-state index contributed by atoms with van der Waals surface area (Å²) in [4.78, 5) is 36.6. The predicted molar refractivity (Wildman–Crippen MR) is 128 cm³/mol. The molecular formula is C23H29N7O4. The van der Waals surface area contributed by atoms with Crippen LogP contribution in [0.5, 0.6) is 0 Å². The van der Waals surface area contributed by atoms with Crippen LogP contribution < -0.4 is 15.5 Å². The van der Waals surface area contributed by atoms with Crippen LogP contribution in [-0.2, 0) is 4.74 Å². The van der Waals surface area contributed by atoms with E-state index in [0.717, 1.165) is 25.1 Å². The van der Waals surface area contributed by atoms with Gasteiger partial charge in [-0.1, -0.05) is 0 Å². The standard InChI is InChI=1S/C23H29N7O4/c1-23(2,3)34-22(31)29-13-16-11-17(29)12-28(16)20-7-6-18(30(32)33)21(27-20)26-15-8-9-24-19(10-15)25-14-4-5-14/h6-10,14,16-17H,4-5,11-13H2,1-3H3,(H2,24,25,26,27)/t16-,17-/m0/s1. The van der Waals surface area contributed by atoms with Gasteiger partial charge in [-0.05, 0) is 52.2 Å². The molecule has 0 spiro atoms. The Hall–Kier alpha value is -3.63. The van der Waals surface area contributed by atoms with E-state index >= 15 is 0 Å². The summed E-state index contributed by atoms with van der Waals surface area (Å²) in [7, 11) is 0. The van der Waals surface area contributed by atoms with Gasteiger partial charge in [0.25, 0.3) is 0 Å². The van der Waals surface area contributed by atoms with Gasteiger partial charge in [0.05, 0.1) is 17.0 Å². The second-order valence-electron chi connectivity index (χ2n) is 10.1. The molecule has 1 saturated carbocycles. The molecule has 2 N–H and O–H groups in total. The zero-order valence-corrected chi connectivity index (χ0v) is 19.5. The first-order chi connectivity index (χ1) is 16.2. The maximum Gasteiger partial charge on any atom is 0.410 e. The summed E-state index contributed by atoms with van der Waals surface area (Å²) in [6, 6.07) is 7.31. The minimum atomic E-state index is -0.542. The average molecular weight is 468 g/mol. The van der Waals surface area contributed by atoms with Gasteiger partial charge in [-0.3, -0.25) is 10.1 Å². The zero-order valence-electron chi connectivity index (χ0n) is 19.5. The summed E-state index contributed by atoms with van der Waals surface area (Å²) in [6.07, 6.45) is 4.43. The second kappa shape index (κ2) is 8.30. The van der Waals surface area contributed by atoms with Crippen molar-refractivity contribution in [2.24, 2.45) is 0 Å². The Labute approximate surface area is 197 Å². The third-order valence-corrected chi connectivity index (χ3v) is 6.17. The molecule has 2 aliphatic heterocycles. The Bertz CT molecular complexity index is 1110. The lowest BCUT2D eigenvalue weighted by Crippen LogP contribution is -2.50. The normalized spacial score (nSPS) is 21.5. The van der Waals surface area contributed by atoms with Gasteiger partial charge < -0.3 is 25.2 Å². The number of ether oxygens (including phenoxy) is 1. The molecular weight excluding hydrogens is 438 g/mol. The number of piperazine rings is 1. The van der Waals surface area contributed by atoms with Crippen molar-refractivity contribution in [2.75, 3.05) is 28.6 Å². The summed E-state index contributed by atoms with van der Waals surface area (Å²) < 4.78 is 5.54. The lowest BCUT2D eigenvalue weighted by molar-refractivity contribution is -0.384. The highest BCUT2D eigenvalue weighted by Crippen LogP contribution is 2.37. The largest absolute Gasteiger partial charge is 0.444 e. The molecule has 2 aromatic heterocycles. The number of hydrogen-bond acceptors (Lipinski definition) is 9. The van der Waals surface area contributed by atoms with Crippen molar-refractivity contribution in [3.63, 3.8) is 0 Å². The first kappa shape index (κ1) is 22.2. The molecule has 180 valence electrons. The number of rotatable bonds is 6. The van der Waals surface area contributed by atoms with Crippen molar-refractivity contribution in [2.45, 2.75) is 63.8 Å². The number of fused-ring (bicyclic) bond motifs is 2. The molecule has 1 amide bonds. The van der Waals surface area contributed by atoms with Crippen LogP contribution in [0, 0.1) is 10.1 Å². The quantitative estimate of drug-likeness (QED) is 0.480. The van der Waals surface area contributed by atoms with E-state index in [-0.39, 0.29) is 29.7 Å². The van der Waals surface area contributed by atoms with Crippen molar-refractivity contribution in [3.8, 4) is 0 Å². The lowest BCUT2D eigenvalue weighted by Gasteiger charge is -2.35. The van der Waals surface area contributed by atoms with Crippen molar-refractivity contribution >= 4 is 34.9 Å². The van der Waals surface area contributed by atoms with Crippen molar-refractivity contribution < 1.29 is 14.5 Å². The third kappa shape index (κ3) is 4.68. The minimum absolute atomic E-state index is 0.0319. The summed E-state index contributed by atoms with van der Waals surface area (Å²) in [6.45, 7) is 6.72.